The molecule has 10 nitrogen and oxygen atoms in total. The van der Waals surface area contributed by atoms with Crippen molar-refractivity contribution in [2.45, 2.75) is 128 Å². The molecule has 3 aliphatic heterocycles. The summed E-state index contributed by atoms with van der Waals surface area (Å²) in [6.07, 6.45) is 1.66. The Morgan fingerprint density at radius 3 is 2.21 bits per heavy atom. The second-order valence-corrected chi connectivity index (χ2v) is 21.7. The second-order valence-electron chi connectivity index (χ2n) is 12.8. The molecule has 12 heteroatoms. The Balaban J connectivity index is 1.90. The van der Waals surface area contributed by atoms with Gasteiger partial charge in [0.05, 0.1) is 13.2 Å². The fraction of sp³-hybridized carbons (Fsp3) is 0.852. The van der Waals surface area contributed by atoms with Gasteiger partial charge in [-0.05, 0) is 35.5 Å². The normalized spacial score (nSPS) is 30.7. The van der Waals surface area contributed by atoms with Gasteiger partial charge in [0.15, 0.2) is 12.3 Å². The highest BCUT2D eigenvalue weighted by atomic mass is 28.5. The minimum Gasteiger partial charge on any atom is -0.414 e. The number of aromatic amines is 1. The fourth-order valence-electron chi connectivity index (χ4n) is 6.51. The van der Waals surface area contributed by atoms with Crippen molar-refractivity contribution in [3.8, 4) is 0 Å². The van der Waals surface area contributed by atoms with Gasteiger partial charge in [-0.3, -0.25) is 19.2 Å². The molecule has 1 N–H and O–H groups in total. The molecule has 3 fully saturated rings. The van der Waals surface area contributed by atoms with E-state index in [4.69, 9.17) is 22.5 Å². The Hall–Kier alpha value is -1.13. The zero-order valence-electron chi connectivity index (χ0n) is 25.4. The molecule has 222 valence electrons. The van der Waals surface area contributed by atoms with E-state index in [1.165, 1.54) is 4.57 Å². The number of hydroxylamine groups is 2. The van der Waals surface area contributed by atoms with Crippen molar-refractivity contribution in [3.05, 3.63) is 32.6 Å². The van der Waals surface area contributed by atoms with Crippen molar-refractivity contribution in [3.63, 3.8) is 0 Å². The number of rotatable bonds is 8. The van der Waals surface area contributed by atoms with Gasteiger partial charge in [0.2, 0.25) is 0 Å². The molecule has 3 saturated heterocycles. The summed E-state index contributed by atoms with van der Waals surface area (Å²) >= 11 is 0. The predicted molar refractivity (Wildman–Crippen MR) is 154 cm³/mol. The van der Waals surface area contributed by atoms with Gasteiger partial charge >= 0.3 is 22.8 Å². The van der Waals surface area contributed by atoms with E-state index in [2.05, 4.69) is 67.3 Å². The number of nitrogens with zero attached hydrogens (tertiary/aromatic N) is 2. The lowest BCUT2D eigenvalue weighted by molar-refractivity contribution is -0.269. The molecule has 0 spiro atoms. The Morgan fingerprint density at radius 1 is 1.03 bits per heavy atom. The molecule has 0 amide bonds. The van der Waals surface area contributed by atoms with Gasteiger partial charge in [-0.2, -0.15) is 5.06 Å². The molecule has 4 atom stereocenters. The van der Waals surface area contributed by atoms with E-state index in [1.54, 1.807) is 13.1 Å². The predicted octanol–water partition coefficient (Wildman–Crippen LogP) is 4.48. The fourth-order valence-corrected chi connectivity index (χ4v) is 17.8. The summed E-state index contributed by atoms with van der Waals surface area (Å²) in [5.41, 5.74) is -0.675. The van der Waals surface area contributed by atoms with Gasteiger partial charge in [-0.1, -0.05) is 68.7 Å². The molecule has 3 aliphatic rings. The standard InChI is InChI=1S/C27H49N3O7Si2/c1-11-12-13-29-15-27-16-33-38(17(2)3,18(4)5)37-39(19(6)7,20(8)9)36-23(27)22(35-29)25(34-27)30-14-21(10)24(31)28-26(30)32/h14,17-20,22-23,25H,11-13,15-16H2,1-10H3,(H,28,31,32)/t22-,23?,25+,27+/m0/s1. The summed E-state index contributed by atoms with van der Waals surface area (Å²) in [6.45, 7) is 22.9. The molecule has 0 aliphatic carbocycles. The highest BCUT2D eigenvalue weighted by Gasteiger charge is 2.69. The van der Waals surface area contributed by atoms with E-state index < -0.39 is 52.4 Å². The smallest absolute Gasteiger partial charge is 0.335 e. The van der Waals surface area contributed by atoms with Crippen LogP contribution in [0, 0.1) is 6.92 Å². The summed E-state index contributed by atoms with van der Waals surface area (Å²) in [4.78, 5) is 34.3. The van der Waals surface area contributed by atoms with Crippen LogP contribution in [-0.4, -0.2) is 69.2 Å². The molecular weight excluding hydrogens is 534 g/mol. The first-order chi connectivity index (χ1) is 18.2. The van der Waals surface area contributed by atoms with Gasteiger partial charge in [-0.15, -0.1) is 0 Å². The van der Waals surface area contributed by atoms with E-state index in [0.29, 0.717) is 12.1 Å². The van der Waals surface area contributed by atoms with Crippen LogP contribution in [0.3, 0.4) is 0 Å². The van der Waals surface area contributed by atoms with Gasteiger partial charge in [-0.25, -0.2) is 4.79 Å². The number of unbranched alkanes of at least 4 members (excludes halogenated alkanes) is 1. The van der Waals surface area contributed by atoms with Gasteiger partial charge in [0.25, 0.3) is 5.56 Å². The highest BCUT2D eigenvalue weighted by molar-refractivity contribution is 6.84. The number of hydrogen-bond donors (Lipinski definition) is 1. The lowest BCUT2D eigenvalue weighted by atomic mass is 9.94. The summed E-state index contributed by atoms with van der Waals surface area (Å²) in [6, 6.07) is 0. The Kier molecular flexibility index (Phi) is 8.91. The molecular formula is C27H49N3O7Si2. The van der Waals surface area contributed by atoms with E-state index in [-0.39, 0.29) is 28.8 Å². The van der Waals surface area contributed by atoms with Crippen LogP contribution in [-0.2, 0) is 22.5 Å². The van der Waals surface area contributed by atoms with E-state index in [9.17, 15) is 9.59 Å². The van der Waals surface area contributed by atoms with Crippen LogP contribution >= 0.6 is 0 Å². The largest absolute Gasteiger partial charge is 0.414 e. The molecule has 1 aromatic heterocycles. The van der Waals surface area contributed by atoms with Crippen molar-refractivity contribution < 1.29 is 22.5 Å². The molecule has 0 saturated carbocycles. The molecule has 4 rings (SSSR count). The van der Waals surface area contributed by atoms with Crippen LogP contribution in [0.15, 0.2) is 15.8 Å². The third-order valence-electron chi connectivity index (χ3n) is 8.74. The summed E-state index contributed by atoms with van der Waals surface area (Å²) < 4.78 is 30.1. The Morgan fingerprint density at radius 2 is 1.64 bits per heavy atom. The summed E-state index contributed by atoms with van der Waals surface area (Å²) in [5.74, 6) is 0. The number of aromatic nitrogens is 2. The van der Waals surface area contributed by atoms with E-state index in [1.807, 2.05) is 5.06 Å². The van der Waals surface area contributed by atoms with E-state index >= 15 is 0 Å². The molecule has 4 heterocycles. The summed E-state index contributed by atoms with van der Waals surface area (Å²) in [5, 5.41) is 1.96. The third-order valence-corrected chi connectivity index (χ3v) is 18.9. The Labute approximate surface area is 234 Å². The molecule has 0 aromatic carbocycles. The monoisotopic (exact) mass is 583 g/mol. The van der Waals surface area contributed by atoms with Crippen LogP contribution in [0.4, 0.5) is 0 Å². The van der Waals surface area contributed by atoms with Gasteiger partial charge < -0.3 is 17.7 Å². The average Bonchev–Trinajstić information content (AvgIpc) is 3.00. The molecule has 0 radical (unpaired) electrons. The van der Waals surface area contributed by atoms with Crippen LogP contribution in [0.1, 0.15) is 86.9 Å². The van der Waals surface area contributed by atoms with Crippen LogP contribution in [0.2, 0.25) is 22.2 Å². The maximum Gasteiger partial charge on any atom is 0.335 e. The third kappa shape index (κ3) is 5.20. The topological polar surface area (TPSA) is 104 Å². The van der Waals surface area contributed by atoms with Gasteiger partial charge in [0.1, 0.15) is 11.7 Å². The number of nitrogens with one attached hydrogen (secondary N) is 1. The molecule has 1 aromatic rings. The molecule has 2 bridgehead atoms. The number of ether oxygens (including phenoxy) is 1. The van der Waals surface area contributed by atoms with Crippen molar-refractivity contribution in [1.82, 2.24) is 14.6 Å². The quantitative estimate of drug-likeness (QED) is 0.447. The van der Waals surface area contributed by atoms with Crippen LogP contribution in [0.5, 0.6) is 0 Å². The minimum atomic E-state index is -2.94. The average molecular weight is 584 g/mol. The van der Waals surface area contributed by atoms with Gasteiger partial charge in [0, 0.05) is 18.3 Å². The number of aryl methyl sites for hydroxylation is 1. The minimum absolute atomic E-state index is 0.148. The lowest BCUT2D eigenvalue weighted by Gasteiger charge is -2.55. The van der Waals surface area contributed by atoms with Crippen molar-refractivity contribution in [2.24, 2.45) is 0 Å². The van der Waals surface area contributed by atoms with Crippen LogP contribution in [0.25, 0.3) is 0 Å². The first-order valence-corrected chi connectivity index (χ1v) is 18.6. The zero-order chi connectivity index (χ0) is 28.9. The first kappa shape index (κ1) is 30.8. The maximum atomic E-state index is 13.1. The number of H-pyrrole nitrogens is 1. The zero-order valence-corrected chi connectivity index (χ0v) is 27.4. The number of hydrogen-bond acceptors (Lipinski definition) is 8. The van der Waals surface area contributed by atoms with Crippen LogP contribution < -0.4 is 11.2 Å². The summed E-state index contributed by atoms with van der Waals surface area (Å²) in [7, 11) is -5.73. The van der Waals surface area contributed by atoms with E-state index in [0.717, 1.165) is 19.4 Å². The Bertz CT molecular complexity index is 1120. The maximum absolute atomic E-state index is 13.1. The van der Waals surface area contributed by atoms with Crippen molar-refractivity contribution >= 4 is 17.1 Å². The molecule has 1 unspecified atom stereocenters. The molecule has 39 heavy (non-hydrogen) atoms. The SMILES string of the molecule is CCCCN1C[C@@]23CO[Si](C(C)C)(C(C)C)O[Si](C(C)C)(C(C)C)OC2[C@H](O1)[C@H](n1cc(C)c(=O)[nH]c1=O)O3. The first-order valence-electron chi connectivity index (χ1n) is 14.7. The van der Waals surface area contributed by atoms with Crippen molar-refractivity contribution in [2.75, 3.05) is 19.7 Å². The lowest BCUT2D eigenvalue weighted by Crippen LogP contribution is -2.71. The highest BCUT2D eigenvalue weighted by Crippen LogP contribution is 2.53. The second kappa shape index (κ2) is 11.3. The van der Waals surface area contributed by atoms with Crippen molar-refractivity contribution in [1.29, 1.82) is 0 Å².